The number of ether oxygens (including phenoxy) is 1. The van der Waals surface area contributed by atoms with E-state index in [9.17, 15) is 20.1 Å². The summed E-state index contributed by atoms with van der Waals surface area (Å²) in [6.07, 6.45) is 15.3. The average molecular weight is 395 g/mol. The first kappa shape index (κ1) is 24.3. The third-order valence-corrected chi connectivity index (χ3v) is 4.42. The molecule has 1 rings (SSSR count). The maximum absolute atomic E-state index is 10.4. The van der Waals surface area contributed by atoms with Gasteiger partial charge in [-0.25, -0.2) is 0 Å². The molecule has 0 unspecified atom stereocenters. The summed E-state index contributed by atoms with van der Waals surface area (Å²) in [6.45, 7) is 2.03. The van der Waals surface area contributed by atoms with E-state index in [0.717, 1.165) is 6.42 Å². The van der Waals surface area contributed by atoms with Gasteiger partial charge < -0.3 is 25.2 Å². The predicted octanol–water partition coefficient (Wildman–Crippen LogP) is 2.90. The molecule has 0 aliphatic carbocycles. The van der Waals surface area contributed by atoms with Crippen molar-refractivity contribution in [1.82, 2.24) is 0 Å². The summed E-state index contributed by atoms with van der Waals surface area (Å²) in [7, 11) is 0. The molecule has 6 nitrogen and oxygen atoms in total. The van der Waals surface area contributed by atoms with Gasteiger partial charge in [-0.15, -0.1) is 0 Å². The topological polar surface area (TPSA) is 107 Å². The first-order valence-corrected chi connectivity index (χ1v) is 9.98. The first-order valence-electron chi connectivity index (χ1n) is 9.98. The third kappa shape index (κ3) is 10.6. The van der Waals surface area contributed by atoms with Crippen molar-refractivity contribution in [2.75, 3.05) is 0 Å². The van der Waals surface area contributed by atoms with Gasteiger partial charge in [-0.2, -0.15) is 0 Å². The van der Waals surface area contributed by atoms with Crippen molar-refractivity contribution in [3.63, 3.8) is 0 Å². The summed E-state index contributed by atoms with van der Waals surface area (Å²) in [5.74, 6) is -0.805. The van der Waals surface area contributed by atoms with E-state index in [0.29, 0.717) is 32.1 Å². The molecule has 1 fully saturated rings. The van der Waals surface area contributed by atoms with E-state index in [1.54, 1.807) is 12.2 Å². The number of carboxylic acids is 1. The fraction of sp³-hybridized carbons (Fsp3) is 0.591. The van der Waals surface area contributed by atoms with Crippen LogP contribution in [0.3, 0.4) is 0 Å². The minimum Gasteiger partial charge on any atom is -0.481 e. The highest BCUT2D eigenvalue weighted by Crippen LogP contribution is 2.25. The molecule has 0 aromatic rings. The van der Waals surface area contributed by atoms with Gasteiger partial charge in [0.25, 0.3) is 0 Å². The Balaban J connectivity index is 2.29. The summed E-state index contributed by atoms with van der Waals surface area (Å²) in [5, 5.41) is 38.8. The quantitative estimate of drug-likeness (QED) is 0.358. The molecule has 0 aromatic carbocycles. The van der Waals surface area contributed by atoms with Crippen LogP contribution in [0, 0.1) is 0 Å². The Kier molecular flexibility index (Phi) is 12.4. The number of carboxylic acid groups (broad SMARTS) is 1. The second kappa shape index (κ2) is 14.3. The van der Waals surface area contributed by atoms with Crippen LogP contribution < -0.4 is 0 Å². The number of aliphatic hydroxyl groups excluding tert-OH is 3. The number of allylic oxidation sites excluding steroid dienone is 4. The Morgan fingerprint density at radius 2 is 1.82 bits per heavy atom. The number of carbonyl (C=O) groups is 1. The molecule has 0 radical (unpaired) electrons. The highest BCUT2D eigenvalue weighted by atomic mass is 16.5. The summed E-state index contributed by atoms with van der Waals surface area (Å²) in [4.78, 5) is 10.4. The van der Waals surface area contributed by atoms with Gasteiger partial charge in [-0.3, -0.25) is 4.79 Å². The third-order valence-electron chi connectivity index (χ3n) is 4.42. The van der Waals surface area contributed by atoms with Gasteiger partial charge in [-0.1, -0.05) is 55.5 Å². The minimum absolute atomic E-state index is 0.131. The number of aliphatic carboxylic acids is 1. The fourth-order valence-electron chi connectivity index (χ4n) is 2.84. The van der Waals surface area contributed by atoms with E-state index in [1.807, 2.05) is 43.4 Å². The molecule has 5 atom stereocenters. The second-order valence-corrected chi connectivity index (χ2v) is 6.92. The molecule has 4 N–H and O–H groups in total. The van der Waals surface area contributed by atoms with Crippen LogP contribution in [0.1, 0.15) is 51.9 Å². The zero-order valence-corrected chi connectivity index (χ0v) is 16.6. The molecule has 1 heterocycles. The lowest BCUT2D eigenvalue weighted by Gasteiger charge is -2.16. The molecular weight excluding hydrogens is 360 g/mol. The zero-order valence-electron chi connectivity index (χ0n) is 16.6. The molecule has 1 aliphatic heterocycles. The van der Waals surface area contributed by atoms with Crippen molar-refractivity contribution in [1.29, 1.82) is 0 Å². The predicted molar refractivity (Wildman–Crippen MR) is 109 cm³/mol. The molecule has 28 heavy (non-hydrogen) atoms. The Labute approximate surface area is 167 Å². The van der Waals surface area contributed by atoms with Crippen LogP contribution in [0.4, 0.5) is 0 Å². The van der Waals surface area contributed by atoms with Crippen molar-refractivity contribution in [3.05, 3.63) is 48.6 Å². The van der Waals surface area contributed by atoms with Crippen molar-refractivity contribution in [3.8, 4) is 0 Å². The normalized spacial score (nSPS) is 25.5. The second-order valence-electron chi connectivity index (χ2n) is 6.92. The van der Waals surface area contributed by atoms with Gasteiger partial charge in [0.1, 0.15) is 6.10 Å². The summed E-state index contributed by atoms with van der Waals surface area (Å²) in [5.41, 5.74) is 0. The van der Waals surface area contributed by atoms with Crippen molar-refractivity contribution in [2.45, 2.75) is 82.4 Å². The van der Waals surface area contributed by atoms with Gasteiger partial charge in [0.05, 0.1) is 24.4 Å². The molecule has 0 bridgehead atoms. The van der Waals surface area contributed by atoms with E-state index in [-0.39, 0.29) is 6.42 Å². The lowest BCUT2D eigenvalue weighted by Crippen LogP contribution is -2.25. The Morgan fingerprint density at radius 1 is 1.11 bits per heavy atom. The van der Waals surface area contributed by atoms with Crippen LogP contribution in [-0.2, 0) is 9.53 Å². The van der Waals surface area contributed by atoms with Crippen LogP contribution >= 0.6 is 0 Å². The lowest BCUT2D eigenvalue weighted by molar-refractivity contribution is -0.136. The van der Waals surface area contributed by atoms with E-state index in [2.05, 4.69) is 0 Å². The molecule has 1 saturated heterocycles. The monoisotopic (exact) mass is 394 g/mol. The zero-order chi connectivity index (χ0) is 20.8. The fourth-order valence-corrected chi connectivity index (χ4v) is 2.84. The van der Waals surface area contributed by atoms with Gasteiger partial charge >= 0.3 is 5.97 Å². The Morgan fingerprint density at radius 3 is 2.54 bits per heavy atom. The van der Waals surface area contributed by atoms with Gasteiger partial charge in [0.15, 0.2) is 0 Å². The molecule has 158 valence electrons. The molecule has 1 aliphatic rings. The minimum atomic E-state index is -0.805. The van der Waals surface area contributed by atoms with E-state index in [4.69, 9.17) is 9.84 Å². The van der Waals surface area contributed by atoms with Gasteiger partial charge in [0, 0.05) is 12.8 Å². The highest BCUT2D eigenvalue weighted by Gasteiger charge is 2.35. The Bertz CT molecular complexity index is 551. The van der Waals surface area contributed by atoms with Crippen LogP contribution in [0.15, 0.2) is 48.6 Å². The number of aliphatic hydroxyl groups is 3. The van der Waals surface area contributed by atoms with Crippen molar-refractivity contribution in [2.24, 2.45) is 0 Å². The van der Waals surface area contributed by atoms with Crippen molar-refractivity contribution < 1.29 is 30.0 Å². The van der Waals surface area contributed by atoms with E-state index < -0.39 is 36.5 Å². The number of rotatable bonds is 13. The molecule has 0 amide bonds. The summed E-state index contributed by atoms with van der Waals surface area (Å²) in [6, 6.07) is 0. The molecule has 0 spiro atoms. The van der Waals surface area contributed by atoms with E-state index >= 15 is 0 Å². The van der Waals surface area contributed by atoms with Crippen LogP contribution in [0.25, 0.3) is 0 Å². The first-order chi connectivity index (χ1) is 13.4. The maximum atomic E-state index is 10.4. The van der Waals surface area contributed by atoms with Crippen LogP contribution in [-0.4, -0.2) is 56.9 Å². The van der Waals surface area contributed by atoms with Gasteiger partial charge in [-0.05, 0) is 32.1 Å². The maximum Gasteiger partial charge on any atom is 0.303 e. The molecule has 0 aromatic heterocycles. The lowest BCUT2D eigenvalue weighted by atomic mass is 10.0. The Hall–Kier alpha value is -1.73. The van der Waals surface area contributed by atoms with Crippen LogP contribution in [0.5, 0.6) is 0 Å². The summed E-state index contributed by atoms with van der Waals surface area (Å²) >= 11 is 0. The SMILES string of the molecule is CC/C=C\C[C@@H](O)[C@@H]1C[C@@H](O)[C@H](/C=C/[C@H](O)C/C=C\C/C=C\CCC(=O)O)O1. The van der Waals surface area contributed by atoms with E-state index in [1.165, 1.54) is 0 Å². The standard InChI is InChI=1S/C22H34O6/c1-2-3-8-12-18(24)21-16-19(25)20(28-21)15-14-17(23)11-9-6-4-5-7-10-13-22(26)27/h3,5-9,14-15,17-21,23-25H,2,4,10-13,16H2,1H3,(H,26,27)/b7-5-,8-3-,9-6-,15-14+/t17-,18-,19-,20+,21+/m1/s1. The summed E-state index contributed by atoms with van der Waals surface area (Å²) < 4.78 is 5.71. The van der Waals surface area contributed by atoms with Crippen molar-refractivity contribution >= 4 is 5.97 Å². The van der Waals surface area contributed by atoms with Gasteiger partial charge in [0.2, 0.25) is 0 Å². The number of hydrogen-bond acceptors (Lipinski definition) is 5. The largest absolute Gasteiger partial charge is 0.481 e. The molecular formula is C22H34O6. The average Bonchev–Trinajstić information content (AvgIpc) is 3.03. The number of hydrogen-bond donors (Lipinski definition) is 4. The smallest absolute Gasteiger partial charge is 0.303 e. The highest BCUT2D eigenvalue weighted by molar-refractivity contribution is 5.66. The van der Waals surface area contributed by atoms with Crippen LogP contribution in [0.2, 0.25) is 0 Å². The molecule has 0 saturated carbocycles. The molecule has 6 heteroatoms.